The molecule has 0 unspecified atom stereocenters. The molecule has 2 aliphatic heterocycles. The van der Waals surface area contributed by atoms with Crippen molar-refractivity contribution in [3.8, 4) is 6.07 Å². The Morgan fingerprint density at radius 2 is 2.04 bits per heavy atom. The van der Waals surface area contributed by atoms with Crippen LogP contribution < -0.4 is 10.3 Å². The van der Waals surface area contributed by atoms with Gasteiger partial charge in [-0.05, 0) is 31.2 Å². The van der Waals surface area contributed by atoms with Gasteiger partial charge in [0.05, 0.1) is 23.9 Å². The number of benzene rings is 1. The van der Waals surface area contributed by atoms with Gasteiger partial charge in [0.2, 0.25) is 5.91 Å². The maximum atomic E-state index is 12.6. The second-order valence-corrected chi connectivity index (χ2v) is 4.97. The first-order valence-electron chi connectivity index (χ1n) is 6.96. The number of carbonyl (C=O) groups is 3. The van der Waals surface area contributed by atoms with Crippen molar-refractivity contribution in [3.63, 3.8) is 0 Å². The Kier molecular flexibility index (Phi) is 3.54. The van der Waals surface area contributed by atoms with Gasteiger partial charge in [-0.1, -0.05) is 0 Å². The van der Waals surface area contributed by atoms with E-state index in [9.17, 15) is 14.4 Å². The zero-order valence-corrected chi connectivity index (χ0v) is 12.1. The molecule has 1 N–H and O–H groups in total. The highest BCUT2D eigenvalue weighted by Crippen LogP contribution is 2.30. The van der Waals surface area contributed by atoms with E-state index < -0.39 is 29.7 Å². The third-order valence-electron chi connectivity index (χ3n) is 3.66. The fraction of sp³-hybridized carbons (Fsp3) is 0.267. The van der Waals surface area contributed by atoms with Gasteiger partial charge in [-0.2, -0.15) is 10.4 Å². The molecular formula is C15H12N4O4. The molecular weight excluding hydrogens is 300 g/mol. The van der Waals surface area contributed by atoms with E-state index in [0.29, 0.717) is 11.3 Å². The van der Waals surface area contributed by atoms with Crippen LogP contribution in [-0.4, -0.2) is 36.1 Å². The monoisotopic (exact) mass is 312 g/mol. The van der Waals surface area contributed by atoms with Crippen LogP contribution in [0.4, 0.5) is 5.69 Å². The van der Waals surface area contributed by atoms with E-state index in [0.717, 1.165) is 4.90 Å². The van der Waals surface area contributed by atoms with Crippen molar-refractivity contribution in [1.29, 1.82) is 5.26 Å². The van der Waals surface area contributed by atoms with Gasteiger partial charge < -0.3 is 4.74 Å². The molecule has 8 heteroatoms. The number of esters is 1. The zero-order chi connectivity index (χ0) is 16.6. The molecule has 0 aromatic heterocycles. The summed E-state index contributed by atoms with van der Waals surface area (Å²) in [5.74, 6) is -2.73. The number of anilines is 1. The molecule has 0 spiro atoms. The van der Waals surface area contributed by atoms with E-state index >= 15 is 0 Å². The number of nitrogens with one attached hydrogen (secondary N) is 1. The van der Waals surface area contributed by atoms with Crippen molar-refractivity contribution < 1.29 is 19.1 Å². The number of fused-ring (bicyclic) bond motifs is 1. The average Bonchev–Trinajstić information content (AvgIpc) is 3.09. The maximum absolute atomic E-state index is 12.6. The van der Waals surface area contributed by atoms with Crippen LogP contribution >= 0.6 is 0 Å². The van der Waals surface area contributed by atoms with Gasteiger partial charge in [-0.25, -0.2) is 9.69 Å². The maximum Gasteiger partial charge on any atom is 0.355 e. The van der Waals surface area contributed by atoms with Gasteiger partial charge in [-0.15, -0.1) is 0 Å². The second-order valence-electron chi connectivity index (χ2n) is 4.97. The number of nitrogens with zero attached hydrogens (tertiary/aromatic N) is 3. The van der Waals surface area contributed by atoms with Crippen molar-refractivity contribution in [1.82, 2.24) is 5.43 Å². The fourth-order valence-corrected chi connectivity index (χ4v) is 2.60. The van der Waals surface area contributed by atoms with Crippen LogP contribution in [0.1, 0.15) is 12.5 Å². The zero-order valence-electron chi connectivity index (χ0n) is 12.1. The summed E-state index contributed by atoms with van der Waals surface area (Å²) in [5, 5.41) is 12.6. The lowest BCUT2D eigenvalue weighted by Crippen LogP contribution is -2.36. The Bertz CT molecular complexity index is 763. The number of carbonyl (C=O) groups excluding carboxylic acids is 3. The Morgan fingerprint density at radius 3 is 2.65 bits per heavy atom. The molecule has 23 heavy (non-hydrogen) atoms. The fourth-order valence-electron chi connectivity index (χ4n) is 2.60. The molecule has 8 nitrogen and oxygen atoms in total. The predicted molar refractivity (Wildman–Crippen MR) is 78.1 cm³/mol. The summed E-state index contributed by atoms with van der Waals surface area (Å²) in [7, 11) is 0. The van der Waals surface area contributed by atoms with Crippen molar-refractivity contribution in [2.45, 2.75) is 13.0 Å². The van der Waals surface area contributed by atoms with E-state index in [1.165, 1.54) is 24.3 Å². The molecule has 0 radical (unpaired) electrons. The topological polar surface area (TPSA) is 112 Å². The predicted octanol–water partition coefficient (Wildman–Crippen LogP) is -0.0614. The van der Waals surface area contributed by atoms with E-state index in [4.69, 9.17) is 10.00 Å². The number of nitriles is 1. The molecule has 0 aliphatic carbocycles. The SMILES string of the molecule is CCOC(=O)C1=NN[C@H]2C(=O)N(c3ccc(C#N)cc3)C(=O)[C@H]12. The summed E-state index contributed by atoms with van der Waals surface area (Å²) in [5.41, 5.74) is 3.20. The standard InChI is InChI=1S/C15H12N4O4/c1-2-23-15(22)12-10-11(17-18-12)14(21)19(13(10)20)9-5-3-8(7-16)4-6-9/h3-6,10-11,17H,2H2,1H3/t10-,11+/m0/s1. The minimum Gasteiger partial charge on any atom is -0.461 e. The first-order valence-corrected chi connectivity index (χ1v) is 6.96. The number of rotatable bonds is 3. The summed E-state index contributed by atoms with van der Waals surface area (Å²) in [6.45, 7) is 1.79. The Balaban J connectivity index is 1.90. The van der Waals surface area contributed by atoms with Crippen molar-refractivity contribution in [2.24, 2.45) is 11.0 Å². The van der Waals surface area contributed by atoms with Crippen molar-refractivity contribution in [3.05, 3.63) is 29.8 Å². The number of hydrogen-bond acceptors (Lipinski definition) is 7. The number of imide groups is 1. The van der Waals surface area contributed by atoms with E-state index in [1.807, 2.05) is 6.07 Å². The van der Waals surface area contributed by atoms with Gasteiger partial charge in [-0.3, -0.25) is 15.0 Å². The van der Waals surface area contributed by atoms with Crippen LogP contribution in [0.2, 0.25) is 0 Å². The molecule has 1 saturated heterocycles. The van der Waals surface area contributed by atoms with E-state index in [1.54, 1.807) is 6.92 Å². The smallest absolute Gasteiger partial charge is 0.355 e. The lowest BCUT2D eigenvalue weighted by Gasteiger charge is -2.15. The van der Waals surface area contributed by atoms with Crippen LogP contribution in [0.15, 0.2) is 29.4 Å². The molecule has 1 aromatic rings. The summed E-state index contributed by atoms with van der Waals surface area (Å²) in [6, 6.07) is 7.10. The highest BCUT2D eigenvalue weighted by Gasteiger charge is 2.55. The highest BCUT2D eigenvalue weighted by molar-refractivity contribution is 6.46. The molecule has 2 aliphatic rings. The van der Waals surface area contributed by atoms with Gasteiger partial charge in [0, 0.05) is 0 Å². The van der Waals surface area contributed by atoms with Crippen molar-refractivity contribution >= 4 is 29.2 Å². The highest BCUT2D eigenvalue weighted by atomic mass is 16.5. The van der Waals surface area contributed by atoms with E-state index in [-0.39, 0.29) is 12.3 Å². The number of hydrazone groups is 1. The van der Waals surface area contributed by atoms with Crippen LogP contribution in [0.3, 0.4) is 0 Å². The van der Waals surface area contributed by atoms with E-state index in [2.05, 4.69) is 10.5 Å². The van der Waals surface area contributed by atoms with Crippen LogP contribution in [0.25, 0.3) is 0 Å². The molecule has 3 rings (SSSR count). The number of ether oxygens (including phenoxy) is 1. The molecule has 2 atom stereocenters. The Hall–Kier alpha value is -3.21. The van der Waals surface area contributed by atoms with Gasteiger partial charge in [0.25, 0.3) is 5.91 Å². The number of amides is 2. The summed E-state index contributed by atoms with van der Waals surface area (Å²) in [4.78, 5) is 37.9. The molecule has 0 bridgehead atoms. The molecule has 2 heterocycles. The summed E-state index contributed by atoms with van der Waals surface area (Å²) < 4.78 is 4.86. The van der Waals surface area contributed by atoms with Crippen LogP contribution in [0, 0.1) is 17.2 Å². The van der Waals surface area contributed by atoms with Crippen LogP contribution in [0.5, 0.6) is 0 Å². The quantitative estimate of drug-likeness (QED) is 0.618. The minimum atomic E-state index is -0.989. The third kappa shape index (κ3) is 2.23. The lowest BCUT2D eigenvalue weighted by molar-refractivity contribution is -0.136. The first-order chi connectivity index (χ1) is 11.1. The molecule has 2 amide bonds. The average molecular weight is 312 g/mol. The summed E-state index contributed by atoms with van der Waals surface area (Å²) in [6.07, 6.45) is 0. The van der Waals surface area contributed by atoms with Gasteiger partial charge in [0.1, 0.15) is 12.0 Å². The third-order valence-corrected chi connectivity index (χ3v) is 3.66. The summed E-state index contributed by atoms with van der Waals surface area (Å²) >= 11 is 0. The molecule has 0 saturated carbocycles. The molecule has 1 aromatic carbocycles. The second kappa shape index (κ2) is 5.53. The van der Waals surface area contributed by atoms with Crippen LogP contribution in [-0.2, 0) is 19.1 Å². The minimum absolute atomic E-state index is 0.0913. The van der Waals surface area contributed by atoms with Crippen molar-refractivity contribution in [2.75, 3.05) is 11.5 Å². The lowest BCUT2D eigenvalue weighted by atomic mass is 9.99. The molecule has 1 fully saturated rings. The Labute approximate surface area is 131 Å². The normalized spacial score (nSPS) is 22.3. The first kappa shape index (κ1) is 14.7. The van der Waals surface area contributed by atoms with Gasteiger partial charge >= 0.3 is 5.97 Å². The molecule has 116 valence electrons. The van der Waals surface area contributed by atoms with Gasteiger partial charge in [0.15, 0.2) is 5.71 Å². The Morgan fingerprint density at radius 1 is 1.35 bits per heavy atom. The number of hydrogen-bond donors (Lipinski definition) is 1. The largest absolute Gasteiger partial charge is 0.461 e.